The summed E-state index contributed by atoms with van der Waals surface area (Å²) in [7, 11) is 0. The first-order valence-corrected chi connectivity index (χ1v) is 6.92. The highest BCUT2D eigenvalue weighted by Gasteiger charge is 2.52. The first-order valence-electron chi connectivity index (χ1n) is 6.92. The largest absolute Gasteiger partial charge is 0.257 e. The molecule has 4 nitrogen and oxygen atoms in total. The van der Waals surface area contributed by atoms with E-state index in [4.69, 9.17) is 4.84 Å². The molecule has 1 spiro atoms. The Morgan fingerprint density at radius 1 is 1.11 bits per heavy atom. The fourth-order valence-electron chi connectivity index (χ4n) is 3.75. The van der Waals surface area contributed by atoms with Crippen LogP contribution in [0.4, 0.5) is 5.69 Å². The molecule has 96 valence electrons. The van der Waals surface area contributed by atoms with Gasteiger partial charge in [0.2, 0.25) is 0 Å². The number of fused-ring (bicyclic) bond motifs is 2. The number of nitrogens with zero attached hydrogens (tertiary/aromatic N) is 1. The van der Waals surface area contributed by atoms with Crippen LogP contribution in [0.25, 0.3) is 0 Å². The molecule has 1 aromatic rings. The van der Waals surface area contributed by atoms with Gasteiger partial charge in [-0.1, -0.05) is 23.8 Å². The summed E-state index contributed by atoms with van der Waals surface area (Å²) in [5, 5.41) is 1.92. The number of para-hydroxylation sites is 1. The van der Waals surface area contributed by atoms with Crippen LogP contribution >= 0.6 is 0 Å². The third kappa shape index (κ3) is 1.56. The van der Waals surface area contributed by atoms with Crippen LogP contribution in [-0.2, 0) is 4.84 Å². The van der Waals surface area contributed by atoms with Gasteiger partial charge in [-0.25, -0.2) is 5.12 Å². The summed E-state index contributed by atoms with van der Waals surface area (Å²) >= 11 is 0. The van der Waals surface area contributed by atoms with Gasteiger partial charge < -0.3 is 0 Å². The van der Waals surface area contributed by atoms with Crippen molar-refractivity contribution in [3.05, 3.63) is 30.3 Å². The number of anilines is 1. The van der Waals surface area contributed by atoms with Crippen molar-refractivity contribution in [1.29, 1.82) is 0 Å². The number of benzene rings is 1. The van der Waals surface area contributed by atoms with Crippen LogP contribution in [-0.4, -0.2) is 5.72 Å². The number of rotatable bonds is 1. The van der Waals surface area contributed by atoms with E-state index in [-0.39, 0.29) is 5.72 Å². The van der Waals surface area contributed by atoms with Crippen LogP contribution < -0.4 is 16.1 Å². The summed E-state index contributed by atoms with van der Waals surface area (Å²) < 4.78 is 0. The second-order valence-corrected chi connectivity index (χ2v) is 5.79. The predicted octanol–water partition coefficient (Wildman–Crippen LogP) is 2.35. The quantitative estimate of drug-likeness (QED) is 0.796. The van der Waals surface area contributed by atoms with Gasteiger partial charge in [-0.05, 0) is 50.2 Å². The van der Waals surface area contributed by atoms with E-state index in [9.17, 15) is 0 Å². The maximum Gasteiger partial charge on any atom is 0.163 e. The van der Waals surface area contributed by atoms with Crippen molar-refractivity contribution in [2.75, 3.05) is 5.12 Å². The second-order valence-electron chi connectivity index (χ2n) is 5.79. The minimum atomic E-state index is -0.170. The van der Waals surface area contributed by atoms with E-state index in [0.717, 1.165) is 18.0 Å². The van der Waals surface area contributed by atoms with Gasteiger partial charge in [0, 0.05) is 5.92 Å². The molecular formula is C14H19N3O. The molecule has 3 aliphatic carbocycles. The maximum atomic E-state index is 5.95. The van der Waals surface area contributed by atoms with Crippen LogP contribution in [0.5, 0.6) is 0 Å². The molecule has 1 aromatic carbocycles. The lowest BCUT2D eigenvalue weighted by atomic mass is 9.66. The van der Waals surface area contributed by atoms with Crippen molar-refractivity contribution in [1.82, 2.24) is 11.0 Å². The third-order valence-corrected chi connectivity index (χ3v) is 4.73. The first kappa shape index (κ1) is 10.8. The lowest BCUT2D eigenvalue weighted by Gasteiger charge is -2.47. The molecule has 18 heavy (non-hydrogen) atoms. The van der Waals surface area contributed by atoms with Gasteiger partial charge in [0.25, 0.3) is 0 Å². The van der Waals surface area contributed by atoms with E-state index in [1.807, 2.05) is 23.3 Å². The molecular weight excluding hydrogens is 226 g/mol. The Hall–Kier alpha value is -1.10. The molecule has 5 rings (SSSR count). The lowest BCUT2D eigenvalue weighted by Crippen LogP contribution is -2.57. The van der Waals surface area contributed by atoms with E-state index >= 15 is 0 Å². The average molecular weight is 245 g/mol. The van der Waals surface area contributed by atoms with Gasteiger partial charge in [-0.2, -0.15) is 5.43 Å². The fraction of sp³-hybridized carbons (Fsp3) is 0.571. The molecule has 1 saturated heterocycles. The van der Waals surface area contributed by atoms with Gasteiger partial charge in [-0.15, -0.1) is 0 Å². The van der Waals surface area contributed by atoms with E-state index in [0.29, 0.717) is 5.92 Å². The molecule has 2 N–H and O–H groups in total. The molecule has 0 aromatic heterocycles. The normalized spacial score (nSPS) is 38.6. The third-order valence-electron chi connectivity index (χ3n) is 4.73. The first-order chi connectivity index (χ1) is 8.86. The van der Waals surface area contributed by atoms with E-state index < -0.39 is 0 Å². The Kier molecular flexibility index (Phi) is 2.37. The fourth-order valence-corrected chi connectivity index (χ4v) is 3.75. The Morgan fingerprint density at radius 3 is 2.56 bits per heavy atom. The van der Waals surface area contributed by atoms with Crippen molar-refractivity contribution in [2.45, 2.75) is 37.8 Å². The molecule has 3 saturated carbocycles. The second kappa shape index (κ2) is 3.95. The molecule has 0 radical (unpaired) electrons. The van der Waals surface area contributed by atoms with Crippen molar-refractivity contribution in [3.8, 4) is 0 Å². The number of hydrogen-bond donors (Lipinski definition) is 2. The molecule has 1 heterocycles. The monoisotopic (exact) mass is 245 g/mol. The molecule has 2 bridgehead atoms. The van der Waals surface area contributed by atoms with E-state index in [1.54, 1.807) is 0 Å². The van der Waals surface area contributed by atoms with Crippen molar-refractivity contribution in [2.24, 2.45) is 11.8 Å². The van der Waals surface area contributed by atoms with Crippen molar-refractivity contribution >= 4 is 5.69 Å². The van der Waals surface area contributed by atoms with E-state index in [2.05, 4.69) is 23.1 Å². The van der Waals surface area contributed by atoms with Crippen molar-refractivity contribution in [3.63, 3.8) is 0 Å². The highest BCUT2D eigenvalue weighted by Crippen LogP contribution is 2.48. The zero-order valence-electron chi connectivity index (χ0n) is 10.4. The van der Waals surface area contributed by atoms with Crippen LogP contribution in [0.3, 0.4) is 0 Å². The van der Waals surface area contributed by atoms with Gasteiger partial charge in [0.15, 0.2) is 5.72 Å². The Balaban J connectivity index is 1.57. The Labute approximate surface area is 107 Å². The SMILES string of the molecule is c1ccc(N2NOC3(CC4CCC3CC4)N2)cc1. The summed E-state index contributed by atoms with van der Waals surface area (Å²) in [5.41, 5.74) is 7.52. The molecule has 4 aliphatic rings. The zero-order valence-corrected chi connectivity index (χ0v) is 10.4. The van der Waals surface area contributed by atoms with E-state index in [1.165, 1.54) is 25.7 Å². The van der Waals surface area contributed by atoms with Gasteiger partial charge >= 0.3 is 0 Å². The summed E-state index contributed by atoms with van der Waals surface area (Å²) in [6.45, 7) is 0. The lowest BCUT2D eigenvalue weighted by molar-refractivity contribution is -0.153. The average Bonchev–Trinajstić information content (AvgIpc) is 2.85. The Bertz CT molecular complexity index is 430. The summed E-state index contributed by atoms with van der Waals surface area (Å²) in [6.07, 6.45) is 6.48. The van der Waals surface area contributed by atoms with Gasteiger partial charge in [0.05, 0.1) is 5.69 Å². The predicted molar refractivity (Wildman–Crippen MR) is 69.1 cm³/mol. The molecule has 4 heteroatoms. The van der Waals surface area contributed by atoms with Crippen LogP contribution in [0.1, 0.15) is 32.1 Å². The molecule has 1 unspecified atom stereocenters. The molecule has 1 aliphatic heterocycles. The minimum Gasteiger partial charge on any atom is -0.257 e. The standard InChI is InChI=1S/C14H19N3O/c1-2-4-13(5-3-1)17-15-14(18-16-17)10-11-6-8-12(14)9-7-11/h1-5,11-12,15-16H,6-10H2. The molecule has 4 fully saturated rings. The van der Waals surface area contributed by atoms with Crippen molar-refractivity contribution < 1.29 is 4.84 Å². The van der Waals surface area contributed by atoms with Gasteiger partial charge in [-0.3, -0.25) is 4.84 Å². The molecule has 1 atom stereocenters. The van der Waals surface area contributed by atoms with Crippen LogP contribution in [0, 0.1) is 11.8 Å². The smallest absolute Gasteiger partial charge is 0.163 e. The summed E-state index contributed by atoms with van der Waals surface area (Å²) in [5.74, 6) is 1.48. The minimum absolute atomic E-state index is 0.170. The summed E-state index contributed by atoms with van der Waals surface area (Å²) in [6, 6.07) is 10.2. The molecule has 0 amide bonds. The zero-order chi connectivity index (χ0) is 12.0. The topological polar surface area (TPSA) is 36.5 Å². The van der Waals surface area contributed by atoms with Gasteiger partial charge in [0.1, 0.15) is 0 Å². The van der Waals surface area contributed by atoms with Crippen LogP contribution in [0.2, 0.25) is 0 Å². The number of hydrogen-bond acceptors (Lipinski definition) is 4. The maximum absolute atomic E-state index is 5.95. The highest BCUT2D eigenvalue weighted by atomic mass is 16.7. The highest BCUT2D eigenvalue weighted by molar-refractivity contribution is 5.44. The number of nitrogens with one attached hydrogen (secondary N) is 2. The number of hydrazine groups is 2. The summed E-state index contributed by atoms with van der Waals surface area (Å²) in [4.78, 5) is 5.95. The Morgan fingerprint density at radius 2 is 1.89 bits per heavy atom. The van der Waals surface area contributed by atoms with Crippen LogP contribution in [0.15, 0.2) is 30.3 Å².